The predicted octanol–water partition coefficient (Wildman–Crippen LogP) is 3.52. The van der Waals surface area contributed by atoms with Crippen LogP contribution in [0.1, 0.15) is 0 Å². The number of pyridine rings is 1. The van der Waals surface area contributed by atoms with E-state index in [-0.39, 0.29) is 23.6 Å². The van der Waals surface area contributed by atoms with Crippen LogP contribution in [0.25, 0.3) is 22.0 Å². The quantitative estimate of drug-likeness (QED) is 0.713. The van der Waals surface area contributed by atoms with Gasteiger partial charge in [-0.2, -0.15) is 0 Å². The Morgan fingerprint density at radius 1 is 1.15 bits per heavy atom. The third kappa shape index (κ3) is 4.22. The lowest BCUT2D eigenvalue weighted by atomic mass is 10.1. The average Bonchev–Trinajstić information content (AvgIpc) is 2.60. The Labute approximate surface area is 152 Å². The Balaban J connectivity index is 2.08. The maximum absolute atomic E-state index is 12.6. The molecule has 0 spiro atoms. The topological polar surface area (TPSA) is 65.6 Å². The summed E-state index contributed by atoms with van der Waals surface area (Å²) in [6.45, 7) is 0.378. The zero-order chi connectivity index (χ0) is 19.6. The summed E-state index contributed by atoms with van der Waals surface area (Å²) in [6.07, 6.45) is -4.83. The summed E-state index contributed by atoms with van der Waals surface area (Å²) in [5, 5.41) is 10.0. The van der Waals surface area contributed by atoms with E-state index in [4.69, 9.17) is 5.11 Å². The molecule has 8 heteroatoms. The Bertz CT molecular complexity index is 1010. The highest BCUT2D eigenvalue weighted by molar-refractivity contribution is 5.88. The number of aromatic amines is 1. The van der Waals surface area contributed by atoms with Crippen molar-refractivity contribution in [2.45, 2.75) is 6.36 Å². The first-order chi connectivity index (χ1) is 12.8. The lowest BCUT2D eigenvalue weighted by Gasteiger charge is -2.18. The normalized spacial score (nSPS) is 11.6. The number of nitrogens with zero attached hydrogens (tertiary/aromatic N) is 1. The number of alkyl halides is 3. The molecule has 0 saturated carbocycles. The molecule has 3 aromatic rings. The number of aliphatic hydroxyl groups is 1. The number of aliphatic hydroxyl groups excluding tert-OH is 1. The number of likely N-dealkylation sites (N-methyl/N-ethyl adjacent to an activating group) is 1. The highest BCUT2D eigenvalue weighted by Gasteiger charge is 2.32. The number of para-hydroxylation sites is 1. The fraction of sp³-hybridized carbons (Fsp3) is 0.211. The Kier molecular flexibility index (Phi) is 5.09. The minimum Gasteiger partial charge on any atom is -0.405 e. The molecule has 2 aromatic carbocycles. The molecule has 5 nitrogen and oxygen atoms in total. The van der Waals surface area contributed by atoms with Crippen LogP contribution in [0.2, 0.25) is 0 Å². The molecular formula is C19H17F3N2O3. The average molecular weight is 378 g/mol. The fourth-order valence-corrected chi connectivity index (χ4v) is 2.81. The Hall–Kier alpha value is -3.00. The SMILES string of the molecule is CN(CCO)c1ccc2cc(-c3ccccc3OC(F)(F)F)[nH]c(=O)c2c1. The number of nitrogens with one attached hydrogen (secondary N) is 1. The lowest BCUT2D eigenvalue weighted by Crippen LogP contribution is -2.21. The van der Waals surface area contributed by atoms with E-state index in [9.17, 15) is 18.0 Å². The third-order valence-corrected chi connectivity index (χ3v) is 4.11. The van der Waals surface area contributed by atoms with Crippen LogP contribution in [-0.2, 0) is 0 Å². The van der Waals surface area contributed by atoms with Crippen LogP contribution >= 0.6 is 0 Å². The van der Waals surface area contributed by atoms with E-state index in [0.717, 1.165) is 5.69 Å². The number of aromatic nitrogens is 1. The fourth-order valence-electron chi connectivity index (χ4n) is 2.81. The second kappa shape index (κ2) is 7.32. The van der Waals surface area contributed by atoms with Crippen LogP contribution in [0.4, 0.5) is 18.9 Å². The van der Waals surface area contributed by atoms with Gasteiger partial charge in [-0.1, -0.05) is 18.2 Å². The summed E-state index contributed by atoms with van der Waals surface area (Å²) in [6, 6.07) is 12.4. The zero-order valence-electron chi connectivity index (χ0n) is 14.4. The van der Waals surface area contributed by atoms with E-state index in [2.05, 4.69) is 9.72 Å². The third-order valence-electron chi connectivity index (χ3n) is 4.11. The van der Waals surface area contributed by atoms with Gasteiger partial charge in [-0.3, -0.25) is 4.79 Å². The summed E-state index contributed by atoms with van der Waals surface area (Å²) in [5.41, 5.74) is 0.679. The number of fused-ring (bicyclic) bond motifs is 1. The molecule has 0 aliphatic carbocycles. The van der Waals surface area contributed by atoms with Crippen LogP contribution in [0, 0.1) is 0 Å². The molecule has 3 rings (SSSR count). The van der Waals surface area contributed by atoms with Crippen molar-refractivity contribution in [2.24, 2.45) is 0 Å². The smallest absolute Gasteiger partial charge is 0.405 e. The largest absolute Gasteiger partial charge is 0.573 e. The van der Waals surface area contributed by atoms with Crippen molar-refractivity contribution in [3.63, 3.8) is 0 Å². The number of H-pyrrole nitrogens is 1. The maximum Gasteiger partial charge on any atom is 0.573 e. The van der Waals surface area contributed by atoms with Gasteiger partial charge in [-0.25, -0.2) is 0 Å². The minimum absolute atomic E-state index is 0.0280. The van der Waals surface area contributed by atoms with E-state index in [1.165, 1.54) is 18.2 Å². The highest BCUT2D eigenvalue weighted by Crippen LogP contribution is 2.33. The van der Waals surface area contributed by atoms with Gasteiger partial charge in [0.05, 0.1) is 12.3 Å². The van der Waals surface area contributed by atoms with E-state index < -0.39 is 11.9 Å². The molecule has 0 aliphatic rings. The Morgan fingerprint density at radius 2 is 1.89 bits per heavy atom. The summed E-state index contributed by atoms with van der Waals surface area (Å²) in [4.78, 5) is 16.9. The zero-order valence-corrected chi connectivity index (χ0v) is 14.4. The van der Waals surface area contributed by atoms with E-state index >= 15 is 0 Å². The minimum atomic E-state index is -4.83. The van der Waals surface area contributed by atoms with Gasteiger partial charge < -0.3 is 19.7 Å². The van der Waals surface area contributed by atoms with Gasteiger partial charge in [0.2, 0.25) is 0 Å². The van der Waals surface area contributed by atoms with E-state index in [1.807, 2.05) is 0 Å². The molecule has 142 valence electrons. The first-order valence-corrected chi connectivity index (χ1v) is 8.13. The van der Waals surface area contributed by atoms with Crippen molar-refractivity contribution < 1.29 is 23.0 Å². The number of hydrogen-bond donors (Lipinski definition) is 2. The van der Waals surface area contributed by atoms with Crippen molar-refractivity contribution in [3.8, 4) is 17.0 Å². The highest BCUT2D eigenvalue weighted by atomic mass is 19.4. The van der Waals surface area contributed by atoms with Crippen LogP contribution in [0.3, 0.4) is 0 Å². The monoisotopic (exact) mass is 378 g/mol. The number of hydrogen-bond acceptors (Lipinski definition) is 4. The summed E-state index contributed by atoms with van der Waals surface area (Å²) >= 11 is 0. The molecule has 0 radical (unpaired) electrons. The molecule has 0 atom stereocenters. The number of ether oxygens (including phenoxy) is 1. The molecule has 1 aromatic heterocycles. The number of benzene rings is 2. The molecule has 1 heterocycles. The summed E-state index contributed by atoms with van der Waals surface area (Å²) < 4.78 is 42.0. The van der Waals surface area contributed by atoms with Crippen molar-refractivity contribution in [2.75, 3.05) is 25.1 Å². The van der Waals surface area contributed by atoms with E-state index in [0.29, 0.717) is 17.3 Å². The molecule has 0 bridgehead atoms. The molecular weight excluding hydrogens is 361 g/mol. The predicted molar refractivity (Wildman–Crippen MR) is 97.0 cm³/mol. The van der Waals surface area contributed by atoms with Gasteiger partial charge >= 0.3 is 6.36 Å². The molecule has 0 aliphatic heterocycles. The van der Waals surface area contributed by atoms with Crippen molar-refractivity contribution in [1.29, 1.82) is 0 Å². The van der Waals surface area contributed by atoms with Gasteiger partial charge in [0, 0.05) is 30.2 Å². The van der Waals surface area contributed by atoms with Crippen LogP contribution in [0.15, 0.2) is 53.3 Å². The van der Waals surface area contributed by atoms with Gasteiger partial charge in [0.15, 0.2) is 0 Å². The van der Waals surface area contributed by atoms with Gasteiger partial charge in [-0.15, -0.1) is 13.2 Å². The van der Waals surface area contributed by atoms with Gasteiger partial charge in [0.1, 0.15) is 5.75 Å². The summed E-state index contributed by atoms with van der Waals surface area (Å²) in [5.74, 6) is -0.390. The molecule has 2 N–H and O–H groups in total. The van der Waals surface area contributed by atoms with Gasteiger partial charge in [0.25, 0.3) is 5.56 Å². The Morgan fingerprint density at radius 3 is 2.59 bits per heavy atom. The lowest BCUT2D eigenvalue weighted by molar-refractivity contribution is -0.274. The number of anilines is 1. The van der Waals surface area contributed by atoms with Crippen molar-refractivity contribution >= 4 is 16.5 Å². The van der Waals surface area contributed by atoms with Crippen molar-refractivity contribution in [3.05, 3.63) is 58.9 Å². The van der Waals surface area contributed by atoms with Crippen molar-refractivity contribution in [1.82, 2.24) is 4.98 Å². The first-order valence-electron chi connectivity index (χ1n) is 8.13. The number of halogens is 3. The van der Waals surface area contributed by atoms with Crippen LogP contribution in [-0.4, -0.2) is 36.7 Å². The standard InChI is InChI=1S/C19H17F3N2O3/c1-24(8-9-25)13-7-6-12-10-16(23-18(26)15(12)11-13)14-4-2-3-5-17(14)27-19(20,21)22/h2-7,10-11,25H,8-9H2,1H3,(H,23,26). The summed E-state index contributed by atoms with van der Waals surface area (Å²) in [7, 11) is 1.78. The second-order valence-electron chi connectivity index (χ2n) is 5.97. The van der Waals surface area contributed by atoms with Gasteiger partial charge in [-0.05, 0) is 35.7 Å². The molecule has 27 heavy (non-hydrogen) atoms. The molecule has 0 saturated heterocycles. The first kappa shape index (κ1) is 18.8. The molecule has 0 fully saturated rings. The molecule has 0 amide bonds. The van der Waals surface area contributed by atoms with Crippen LogP contribution < -0.4 is 15.2 Å². The van der Waals surface area contributed by atoms with E-state index in [1.54, 1.807) is 42.3 Å². The second-order valence-corrected chi connectivity index (χ2v) is 5.97. The van der Waals surface area contributed by atoms with Crippen LogP contribution in [0.5, 0.6) is 5.75 Å². The molecule has 0 unspecified atom stereocenters. The maximum atomic E-state index is 12.6. The number of rotatable bonds is 5.